The van der Waals surface area contributed by atoms with E-state index in [1.807, 2.05) is 24.3 Å². The molecule has 8 heteroatoms. The van der Waals surface area contributed by atoms with Crippen molar-refractivity contribution in [3.8, 4) is 0 Å². The number of amides is 1. The molecule has 3 aromatic rings. The average Bonchev–Trinajstić information content (AvgIpc) is 3.34. The van der Waals surface area contributed by atoms with Crippen LogP contribution in [0.1, 0.15) is 45.7 Å². The molecule has 0 radical (unpaired) electrons. The molecule has 34 heavy (non-hydrogen) atoms. The van der Waals surface area contributed by atoms with Gasteiger partial charge in [-0.3, -0.25) is 14.6 Å². The fraction of sp³-hybridized carbons (Fsp3) is 0.231. The van der Waals surface area contributed by atoms with E-state index in [1.165, 1.54) is 6.20 Å². The molecule has 0 saturated carbocycles. The summed E-state index contributed by atoms with van der Waals surface area (Å²) in [5, 5.41) is 6.86. The highest BCUT2D eigenvalue weighted by Crippen LogP contribution is 2.20. The van der Waals surface area contributed by atoms with Gasteiger partial charge in [-0.15, -0.1) is 0 Å². The first kappa shape index (κ1) is 25.4. The van der Waals surface area contributed by atoms with E-state index in [0.717, 1.165) is 37.3 Å². The van der Waals surface area contributed by atoms with Crippen molar-refractivity contribution in [1.29, 1.82) is 0 Å². The number of hydrogen-bond acceptors (Lipinski definition) is 5. The summed E-state index contributed by atoms with van der Waals surface area (Å²) in [6.07, 6.45) is 3.24. The number of pyridine rings is 1. The normalized spacial score (nSPS) is 12.4. The van der Waals surface area contributed by atoms with Crippen LogP contribution in [0.4, 0.5) is 5.82 Å². The van der Waals surface area contributed by atoms with E-state index in [0.29, 0.717) is 32.6 Å². The number of nitrogens with zero attached hydrogens (tertiary/aromatic N) is 2. The lowest BCUT2D eigenvalue weighted by Gasteiger charge is -2.11. The second kappa shape index (κ2) is 11.8. The van der Waals surface area contributed by atoms with Crippen molar-refractivity contribution in [3.63, 3.8) is 0 Å². The number of Topliss-reactive ketones (excluding diaryl/α,β-unsaturated/α-hetero) is 1. The minimum atomic E-state index is -0.395. The van der Waals surface area contributed by atoms with Gasteiger partial charge in [-0.05, 0) is 41.8 Å². The van der Waals surface area contributed by atoms with Gasteiger partial charge in [0.05, 0.1) is 17.4 Å². The maximum absolute atomic E-state index is 12.9. The highest BCUT2D eigenvalue weighted by molar-refractivity contribution is 6.31. The SMILES string of the molecule is C.O=C(Cc1ccc(Cl)cc1C(=O)Nc1ccc(Cl)cn1)c1ccc(CCC2=NCCN2)cc1. The minimum Gasteiger partial charge on any atom is -0.372 e. The second-order valence-corrected chi connectivity index (χ2v) is 8.54. The first-order valence-corrected chi connectivity index (χ1v) is 11.3. The van der Waals surface area contributed by atoms with Crippen LogP contribution in [-0.4, -0.2) is 35.6 Å². The molecule has 0 aliphatic carbocycles. The molecule has 0 spiro atoms. The largest absolute Gasteiger partial charge is 0.372 e. The molecule has 0 saturated heterocycles. The number of aryl methyl sites for hydroxylation is 1. The zero-order valence-corrected chi connectivity index (χ0v) is 19.3. The van der Waals surface area contributed by atoms with E-state index < -0.39 is 5.91 Å². The standard InChI is InChI=1S/C25H22Cl2N4O2.CH4/c26-19-7-6-18(21(14-19)25(33)31-24-10-8-20(27)15-30-24)13-22(32)17-4-1-16(2-5-17)3-9-23-28-11-12-29-23;/h1-2,4-8,10,14-15H,3,9,11-13H2,(H,28,29)(H,30,31,33);1H4. The summed E-state index contributed by atoms with van der Waals surface area (Å²) in [5.74, 6) is 0.923. The average molecular weight is 497 g/mol. The van der Waals surface area contributed by atoms with E-state index in [1.54, 1.807) is 30.3 Å². The van der Waals surface area contributed by atoms with Crippen LogP contribution in [0, 0.1) is 0 Å². The molecule has 0 bridgehead atoms. The molecule has 6 nitrogen and oxygen atoms in total. The van der Waals surface area contributed by atoms with Crippen molar-refractivity contribution >= 4 is 46.5 Å². The highest BCUT2D eigenvalue weighted by atomic mass is 35.5. The third kappa shape index (κ3) is 6.65. The van der Waals surface area contributed by atoms with Gasteiger partial charge in [0, 0.05) is 41.7 Å². The molecule has 2 aromatic carbocycles. The van der Waals surface area contributed by atoms with Gasteiger partial charge in [0.1, 0.15) is 5.82 Å². The molecule has 1 aromatic heterocycles. The van der Waals surface area contributed by atoms with Crippen molar-refractivity contribution < 1.29 is 9.59 Å². The van der Waals surface area contributed by atoms with E-state index in [2.05, 4.69) is 20.6 Å². The summed E-state index contributed by atoms with van der Waals surface area (Å²) >= 11 is 12.0. The first-order valence-electron chi connectivity index (χ1n) is 10.6. The lowest BCUT2D eigenvalue weighted by molar-refractivity contribution is 0.0992. The van der Waals surface area contributed by atoms with Crippen molar-refractivity contribution in [2.75, 3.05) is 18.4 Å². The van der Waals surface area contributed by atoms with Crippen LogP contribution in [0.2, 0.25) is 10.0 Å². The summed E-state index contributed by atoms with van der Waals surface area (Å²) < 4.78 is 0. The van der Waals surface area contributed by atoms with E-state index in [9.17, 15) is 9.59 Å². The summed E-state index contributed by atoms with van der Waals surface area (Å²) in [6, 6.07) is 15.7. The van der Waals surface area contributed by atoms with Gasteiger partial charge in [-0.25, -0.2) is 4.98 Å². The minimum absolute atomic E-state index is 0. The predicted octanol–water partition coefficient (Wildman–Crippen LogP) is 5.64. The van der Waals surface area contributed by atoms with Crippen molar-refractivity contribution in [3.05, 3.63) is 93.1 Å². The summed E-state index contributed by atoms with van der Waals surface area (Å²) in [5.41, 5.74) is 2.65. The number of benzene rings is 2. The van der Waals surface area contributed by atoms with Crippen LogP contribution in [-0.2, 0) is 12.8 Å². The quantitative estimate of drug-likeness (QED) is 0.395. The highest BCUT2D eigenvalue weighted by Gasteiger charge is 2.17. The third-order valence-corrected chi connectivity index (χ3v) is 5.77. The molecule has 2 N–H and O–H groups in total. The van der Waals surface area contributed by atoms with Gasteiger partial charge < -0.3 is 10.6 Å². The Morgan fingerprint density at radius 1 is 0.971 bits per heavy atom. The molecule has 0 fully saturated rings. The Bertz CT molecular complexity index is 1190. The van der Waals surface area contributed by atoms with E-state index >= 15 is 0 Å². The van der Waals surface area contributed by atoms with Crippen LogP contribution in [0.5, 0.6) is 0 Å². The Morgan fingerprint density at radius 3 is 2.41 bits per heavy atom. The van der Waals surface area contributed by atoms with E-state index in [-0.39, 0.29) is 19.6 Å². The third-order valence-electron chi connectivity index (χ3n) is 5.31. The van der Waals surface area contributed by atoms with Crippen LogP contribution in [0.15, 0.2) is 65.8 Å². The molecule has 1 aliphatic rings. The van der Waals surface area contributed by atoms with Crippen molar-refractivity contribution in [2.45, 2.75) is 26.7 Å². The Balaban J connectivity index is 0.00000324. The first-order chi connectivity index (χ1) is 16.0. The maximum Gasteiger partial charge on any atom is 0.257 e. The van der Waals surface area contributed by atoms with Gasteiger partial charge in [0.25, 0.3) is 5.91 Å². The van der Waals surface area contributed by atoms with Gasteiger partial charge in [-0.2, -0.15) is 0 Å². The van der Waals surface area contributed by atoms with Crippen LogP contribution < -0.4 is 10.6 Å². The Morgan fingerprint density at radius 2 is 1.74 bits per heavy atom. The molecule has 176 valence electrons. The van der Waals surface area contributed by atoms with Gasteiger partial charge in [0.2, 0.25) is 0 Å². The number of aliphatic imine (C=N–C) groups is 1. The van der Waals surface area contributed by atoms with Gasteiger partial charge >= 0.3 is 0 Å². The topological polar surface area (TPSA) is 83.5 Å². The number of hydrogen-bond donors (Lipinski definition) is 2. The summed E-state index contributed by atoms with van der Waals surface area (Å²) in [6.45, 7) is 1.74. The number of carbonyl (C=O) groups is 2. The van der Waals surface area contributed by atoms with Crippen molar-refractivity contribution in [1.82, 2.24) is 10.3 Å². The zero-order chi connectivity index (χ0) is 23.2. The molecule has 2 heterocycles. The van der Waals surface area contributed by atoms with Crippen molar-refractivity contribution in [2.24, 2.45) is 4.99 Å². The van der Waals surface area contributed by atoms with Crippen LogP contribution >= 0.6 is 23.2 Å². The number of aromatic nitrogens is 1. The Kier molecular flexibility index (Phi) is 8.79. The summed E-state index contributed by atoms with van der Waals surface area (Å²) in [4.78, 5) is 34.3. The number of anilines is 1. The smallest absolute Gasteiger partial charge is 0.257 e. The Hall–Kier alpha value is -3.22. The lowest BCUT2D eigenvalue weighted by Crippen LogP contribution is -2.18. The molecule has 0 unspecified atom stereocenters. The fourth-order valence-corrected chi connectivity index (χ4v) is 3.84. The lowest BCUT2D eigenvalue weighted by atomic mass is 9.97. The maximum atomic E-state index is 12.9. The molecular formula is C26H26Cl2N4O2. The number of nitrogens with one attached hydrogen (secondary N) is 2. The molecule has 1 aliphatic heterocycles. The molecular weight excluding hydrogens is 471 g/mol. The van der Waals surface area contributed by atoms with Crippen LogP contribution in [0.25, 0.3) is 0 Å². The molecule has 1 amide bonds. The second-order valence-electron chi connectivity index (χ2n) is 7.67. The molecule has 0 atom stereocenters. The van der Waals surface area contributed by atoms with E-state index in [4.69, 9.17) is 23.2 Å². The Labute approximate surface area is 209 Å². The fourth-order valence-electron chi connectivity index (χ4n) is 3.56. The number of ketones is 1. The predicted molar refractivity (Wildman–Crippen MR) is 138 cm³/mol. The number of carbonyl (C=O) groups excluding carboxylic acids is 2. The molecule has 4 rings (SSSR count). The monoisotopic (exact) mass is 496 g/mol. The van der Waals surface area contributed by atoms with Gasteiger partial charge in [0.15, 0.2) is 5.78 Å². The van der Waals surface area contributed by atoms with Gasteiger partial charge in [-0.1, -0.05) is 61.0 Å². The number of amidine groups is 1. The number of halogens is 2. The van der Waals surface area contributed by atoms with Crippen LogP contribution in [0.3, 0.4) is 0 Å². The zero-order valence-electron chi connectivity index (χ0n) is 17.8. The number of rotatable bonds is 8. The summed E-state index contributed by atoms with van der Waals surface area (Å²) in [7, 11) is 0.